The van der Waals surface area contributed by atoms with E-state index in [2.05, 4.69) is 79.7 Å². The lowest BCUT2D eigenvalue weighted by molar-refractivity contribution is 0.786. The van der Waals surface area contributed by atoms with Gasteiger partial charge in [-0.25, -0.2) is 9.97 Å². The molecule has 4 aromatic rings. The Hall–Kier alpha value is -3.21. The molecule has 0 aliphatic rings. The maximum Gasteiger partial charge on any atom is 0.164 e. The number of benzene rings is 2. The van der Waals surface area contributed by atoms with E-state index in [0.717, 1.165) is 28.1 Å². The zero-order chi connectivity index (χ0) is 19.0. The van der Waals surface area contributed by atoms with Gasteiger partial charge >= 0.3 is 0 Å². The molecule has 0 unspecified atom stereocenters. The number of hydrogen-bond donors (Lipinski definition) is 1. The van der Waals surface area contributed by atoms with Gasteiger partial charge in [0.05, 0.1) is 11.6 Å². The zero-order valence-electron chi connectivity index (χ0n) is 16.1. The van der Waals surface area contributed by atoms with Crippen molar-refractivity contribution in [3.05, 3.63) is 65.9 Å². The highest BCUT2D eigenvalue weighted by Gasteiger charge is 2.14. The molecule has 0 aliphatic heterocycles. The number of aryl methyl sites for hydroxylation is 2. The topological polar surface area (TPSA) is 55.6 Å². The Bertz CT molecular complexity index is 1090. The van der Waals surface area contributed by atoms with Crippen molar-refractivity contribution in [1.82, 2.24) is 19.7 Å². The van der Waals surface area contributed by atoms with Crippen molar-refractivity contribution < 1.29 is 0 Å². The second kappa shape index (κ2) is 6.83. The average molecular weight is 357 g/mol. The van der Waals surface area contributed by atoms with E-state index in [-0.39, 0.29) is 0 Å². The Morgan fingerprint density at radius 2 is 1.78 bits per heavy atom. The first-order valence-electron chi connectivity index (χ1n) is 9.15. The second-order valence-corrected chi connectivity index (χ2v) is 7.17. The molecule has 0 aliphatic carbocycles. The van der Waals surface area contributed by atoms with Gasteiger partial charge in [-0.3, -0.25) is 4.68 Å². The van der Waals surface area contributed by atoms with E-state index in [1.807, 2.05) is 7.05 Å². The van der Waals surface area contributed by atoms with Crippen LogP contribution >= 0.6 is 0 Å². The predicted molar refractivity (Wildman–Crippen MR) is 110 cm³/mol. The first-order chi connectivity index (χ1) is 13.0. The van der Waals surface area contributed by atoms with E-state index in [0.29, 0.717) is 11.7 Å². The number of fused-ring (bicyclic) bond motifs is 1. The van der Waals surface area contributed by atoms with E-state index in [1.165, 1.54) is 11.1 Å². The summed E-state index contributed by atoms with van der Waals surface area (Å²) < 4.78 is 1.78. The minimum atomic E-state index is 0.454. The number of nitrogens with zero attached hydrogens (tertiary/aromatic N) is 4. The fourth-order valence-electron chi connectivity index (χ4n) is 3.06. The molecule has 2 aromatic heterocycles. The summed E-state index contributed by atoms with van der Waals surface area (Å²) in [6.07, 6.45) is 1.81. The number of nitrogens with one attached hydrogen (secondary N) is 1. The molecule has 0 saturated heterocycles. The van der Waals surface area contributed by atoms with Gasteiger partial charge in [-0.15, -0.1) is 0 Å². The Morgan fingerprint density at radius 3 is 2.52 bits per heavy atom. The smallest absolute Gasteiger partial charge is 0.164 e. The van der Waals surface area contributed by atoms with Crippen LogP contribution in [0.5, 0.6) is 0 Å². The number of aromatic nitrogens is 4. The van der Waals surface area contributed by atoms with Crippen molar-refractivity contribution in [3.63, 3.8) is 0 Å². The number of anilines is 2. The Labute approximate surface area is 159 Å². The molecule has 0 fully saturated rings. The van der Waals surface area contributed by atoms with E-state index < -0.39 is 0 Å². The van der Waals surface area contributed by atoms with Crippen molar-refractivity contribution in [3.8, 4) is 11.4 Å². The average Bonchev–Trinajstić information content (AvgIpc) is 3.05. The first kappa shape index (κ1) is 17.2. The summed E-state index contributed by atoms with van der Waals surface area (Å²) in [7, 11) is 1.90. The van der Waals surface area contributed by atoms with Crippen LogP contribution in [0.1, 0.15) is 30.9 Å². The van der Waals surface area contributed by atoms with Crippen LogP contribution in [0.15, 0.2) is 54.7 Å². The van der Waals surface area contributed by atoms with Gasteiger partial charge in [0.25, 0.3) is 0 Å². The first-order valence-corrected chi connectivity index (χ1v) is 9.15. The highest BCUT2D eigenvalue weighted by Crippen LogP contribution is 2.28. The third-order valence-corrected chi connectivity index (χ3v) is 4.72. The van der Waals surface area contributed by atoms with Crippen molar-refractivity contribution >= 4 is 22.5 Å². The second-order valence-electron chi connectivity index (χ2n) is 7.17. The molecular formula is C22H23N5. The Morgan fingerprint density at radius 1 is 1.00 bits per heavy atom. The Balaban J connectivity index is 1.84. The molecule has 0 spiro atoms. The van der Waals surface area contributed by atoms with E-state index in [1.54, 1.807) is 10.9 Å². The fraction of sp³-hybridized carbons (Fsp3) is 0.227. The van der Waals surface area contributed by atoms with Crippen LogP contribution in [0.4, 0.5) is 11.5 Å². The summed E-state index contributed by atoms with van der Waals surface area (Å²) in [5.74, 6) is 1.92. The van der Waals surface area contributed by atoms with Crippen LogP contribution in [-0.2, 0) is 7.05 Å². The van der Waals surface area contributed by atoms with Gasteiger partial charge in [0.15, 0.2) is 11.5 Å². The zero-order valence-corrected chi connectivity index (χ0v) is 16.1. The highest BCUT2D eigenvalue weighted by atomic mass is 15.3. The summed E-state index contributed by atoms with van der Waals surface area (Å²) >= 11 is 0. The van der Waals surface area contributed by atoms with Crippen molar-refractivity contribution in [2.45, 2.75) is 26.7 Å². The molecule has 1 N–H and O–H groups in total. The lowest BCUT2D eigenvalue weighted by Gasteiger charge is -2.11. The third-order valence-electron chi connectivity index (χ3n) is 4.72. The van der Waals surface area contributed by atoms with Crippen molar-refractivity contribution in [2.24, 2.45) is 7.05 Å². The SMILES string of the molecule is Cc1ccc(Nc2nc(-c3cccc(C(C)C)c3)nc3c2cnn3C)cc1. The largest absolute Gasteiger partial charge is 0.339 e. The molecule has 5 nitrogen and oxygen atoms in total. The van der Waals surface area contributed by atoms with Crippen molar-refractivity contribution in [1.29, 1.82) is 0 Å². The molecule has 2 aromatic carbocycles. The van der Waals surface area contributed by atoms with E-state index >= 15 is 0 Å². The summed E-state index contributed by atoms with van der Waals surface area (Å²) in [6.45, 7) is 6.46. The molecule has 0 saturated carbocycles. The molecule has 5 heteroatoms. The summed E-state index contributed by atoms with van der Waals surface area (Å²) in [6, 6.07) is 16.7. The van der Waals surface area contributed by atoms with Gasteiger partial charge in [0.2, 0.25) is 0 Å². The van der Waals surface area contributed by atoms with Gasteiger partial charge in [-0.1, -0.05) is 49.7 Å². The Kier molecular flexibility index (Phi) is 4.36. The number of rotatable bonds is 4. The fourth-order valence-corrected chi connectivity index (χ4v) is 3.06. The van der Waals surface area contributed by atoms with Crippen LogP contribution in [0, 0.1) is 6.92 Å². The third kappa shape index (κ3) is 3.40. The normalized spacial score (nSPS) is 11.3. The summed E-state index contributed by atoms with van der Waals surface area (Å²) in [5.41, 5.74) is 5.31. The maximum atomic E-state index is 4.83. The minimum Gasteiger partial charge on any atom is -0.339 e. The maximum absolute atomic E-state index is 4.83. The van der Waals surface area contributed by atoms with Gasteiger partial charge in [0, 0.05) is 18.3 Å². The molecule has 136 valence electrons. The quantitative estimate of drug-likeness (QED) is 0.545. The number of hydrogen-bond acceptors (Lipinski definition) is 4. The summed E-state index contributed by atoms with van der Waals surface area (Å²) in [5, 5.41) is 8.70. The van der Waals surface area contributed by atoms with Crippen LogP contribution in [0.2, 0.25) is 0 Å². The molecule has 0 bridgehead atoms. The summed E-state index contributed by atoms with van der Waals surface area (Å²) in [4.78, 5) is 9.60. The minimum absolute atomic E-state index is 0.454. The van der Waals surface area contributed by atoms with Crippen molar-refractivity contribution in [2.75, 3.05) is 5.32 Å². The van der Waals surface area contributed by atoms with Crippen LogP contribution in [0.25, 0.3) is 22.4 Å². The molecule has 2 heterocycles. The molecule has 0 amide bonds. The standard InChI is InChI=1S/C22H23N5/c1-14(2)16-6-5-7-17(12-16)20-25-21(19-13-23-27(4)22(19)26-20)24-18-10-8-15(3)9-11-18/h5-14H,1-4H3,(H,24,25,26). The molecule has 4 rings (SSSR count). The monoisotopic (exact) mass is 357 g/mol. The van der Waals surface area contributed by atoms with Gasteiger partial charge in [0.1, 0.15) is 5.82 Å². The van der Waals surface area contributed by atoms with Crippen LogP contribution in [-0.4, -0.2) is 19.7 Å². The van der Waals surface area contributed by atoms with E-state index in [4.69, 9.17) is 9.97 Å². The van der Waals surface area contributed by atoms with Gasteiger partial charge < -0.3 is 5.32 Å². The van der Waals surface area contributed by atoms with Crippen LogP contribution < -0.4 is 5.32 Å². The molecular weight excluding hydrogens is 334 g/mol. The molecule has 27 heavy (non-hydrogen) atoms. The lowest BCUT2D eigenvalue weighted by Crippen LogP contribution is -2.01. The lowest BCUT2D eigenvalue weighted by atomic mass is 10.0. The van der Waals surface area contributed by atoms with Gasteiger partial charge in [-0.2, -0.15) is 5.10 Å². The van der Waals surface area contributed by atoms with Crippen LogP contribution in [0.3, 0.4) is 0 Å². The molecule has 0 atom stereocenters. The predicted octanol–water partition coefficient (Wildman–Crippen LogP) is 5.21. The highest BCUT2D eigenvalue weighted by molar-refractivity contribution is 5.90. The van der Waals surface area contributed by atoms with Gasteiger partial charge in [-0.05, 0) is 36.6 Å². The molecule has 0 radical (unpaired) electrons. The van der Waals surface area contributed by atoms with E-state index in [9.17, 15) is 0 Å².